The molecule has 0 aromatic heterocycles. The van der Waals surface area contributed by atoms with Gasteiger partial charge in [0.2, 0.25) is 0 Å². The Morgan fingerprint density at radius 3 is 2.72 bits per heavy atom. The quantitative estimate of drug-likeness (QED) is 0.843. The van der Waals surface area contributed by atoms with Gasteiger partial charge in [-0.1, -0.05) is 25.5 Å². The van der Waals surface area contributed by atoms with Crippen molar-refractivity contribution in [2.75, 3.05) is 7.11 Å². The molecule has 94 valence electrons. The lowest BCUT2D eigenvalue weighted by Crippen LogP contribution is -2.00. The van der Waals surface area contributed by atoms with Gasteiger partial charge in [0.1, 0.15) is 5.75 Å². The number of benzene rings is 2. The molecular formula is C15H16O3. The Morgan fingerprint density at radius 1 is 1.28 bits per heavy atom. The maximum absolute atomic E-state index is 11.4. The Hall–Kier alpha value is -2.03. The van der Waals surface area contributed by atoms with Crippen molar-refractivity contribution in [3.05, 3.63) is 41.5 Å². The van der Waals surface area contributed by atoms with Gasteiger partial charge in [0.15, 0.2) is 0 Å². The van der Waals surface area contributed by atoms with Gasteiger partial charge in [-0.05, 0) is 35.6 Å². The highest BCUT2D eigenvalue weighted by molar-refractivity contribution is 5.98. The lowest BCUT2D eigenvalue weighted by molar-refractivity contribution is 0.0600. The number of ether oxygens (including phenoxy) is 1. The van der Waals surface area contributed by atoms with E-state index in [1.807, 2.05) is 18.2 Å². The minimum Gasteiger partial charge on any atom is -0.507 e. The van der Waals surface area contributed by atoms with E-state index >= 15 is 0 Å². The van der Waals surface area contributed by atoms with Gasteiger partial charge in [-0.3, -0.25) is 0 Å². The van der Waals surface area contributed by atoms with Crippen LogP contribution in [0.15, 0.2) is 30.3 Å². The Balaban J connectivity index is 2.55. The molecule has 0 fully saturated rings. The summed E-state index contributed by atoms with van der Waals surface area (Å²) in [5.74, 6) is -0.323. The average molecular weight is 244 g/mol. The molecule has 0 aliphatic heterocycles. The summed E-state index contributed by atoms with van der Waals surface area (Å²) in [6.45, 7) is 2.12. The van der Waals surface area contributed by atoms with Gasteiger partial charge in [-0.2, -0.15) is 0 Å². The van der Waals surface area contributed by atoms with E-state index in [1.54, 1.807) is 6.07 Å². The minimum absolute atomic E-state index is 0.117. The molecule has 0 spiro atoms. The Kier molecular flexibility index (Phi) is 3.51. The van der Waals surface area contributed by atoms with Crippen molar-refractivity contribution in [1.29, 1.82) is 0 Å². The molecule has 0 radical (unpaired) electrons. The van der Waals surface area contributed by atoms with Crippen molar-refractivity contribution in [2.45, 2.75) is 19.8 Å². The number of rotatable bonds is 3. The van der Waals surface area contributed by atoms with Gasteiger partial charge >= 0.3 is 5.97 Å². The molecule has 0 amide bonds. The van der Waals surface area contributed by atoms with Crippen LogP contribution in [0.3, 0.4) is 0 Å². The highest BCUT2D eigenvalue weighted by Gasteiger charge is 2.10. The van der Waals surface area contributed by atoms with Crippen molar-refractivity contribution in [1.82, 2.24) is 0 Å². The topological polar surface area (TPSA) is 46.5 Å². The highest BCUT2D eigenvalue weighted by Crippen LogP contribution is 2.28. The molecule has 0 bridgehead atoms. The first kappa shape index (κ1) is 12.4. The summed E-state index contributed by atoms with van der Waals surface area (Å²) in [6, 6.07) is 9.09. The van der Waals surface area contributed by atoms with Crippen LogP contribution < -0.4 is 0 Å². The van der Waals surface area contributed by atoms with Gasteiger partial charge < -0.3 is 9.84 Å². The molecule has 0 aliphatic rings. The summed E-state index contributed by atoms with van der Waals surface area (Å²) in [7, 11) is 1.33. The van der Waals surface area contributed by atoms with Crippen LogP contribution in [-0.4, -0.2) is 18.2 Å². The lowest BCUT2D eigenvalue weighted by atomic mass is 10.0. The normalized spacial score (nSPS) is 10.6. The fraction of sp³-hybridized carbons (Fsp3) is 0.267. The van der Waals surface area contributed by atoms with Crippen LogP contribution in [-0.2, 0) is 11.2 Å². The molecule has 0 saturated carbocycles. The lowest BCUT2D eigenvalue weighted by Gasteiger charge is -2.07. The standard InChI is InChI=1S/C15H16O3/c1-3-4-10-5-6-11-8-12(15(17)18-2)9-14(16)13(11)7-10/h5-9,16H,3-4H2,1-2H3. The monoisotopic (exact) mass is 244 g/mol. The van der Waals surface area contributed by atoms with Crippen molar-refractivity contribution >= 4 is 16.7 Å². The summed E-state index contributed by atoms with van der Waals surface area (Å²) in [5.41, 5.74) is 1.55. The average Bonchev–Trinajstić information content (AvgIpc) is 2.38. The number of fused-ring (bicyclic) bond motifs is 1. The van der Waals surface area contributed by atoms with Crippen molar-refractivity contribution in [3.63, 3.8) is 0 Å². The molecule has 2 rings (SSSR count). The molecule has 0 unspecified atom stereocenters. The molecule has 1 N–H and O–H groups in total. The van der Waals surface area contributed by atoms with E-state index in [0.717, 1.165) is 23.6 Å². The fourth-order valence-corrected chi connectivity index (χ4v) is 2.07. The van der Waals surface area contributed by atoms with Crippen LogP contribution in [0.25, 0.3) is 10.8 Å². The second-order valence-electron chi connectivity index (χ2n) is 4.29. The number of esters is 1. The maximum Gasteiger partial charge on any atom is 0.338 e. The smallest absolute Gasteiger partial charge is 0.338 e. The number of hydrogen-bond donors (Lipinski definition) is 1. The summed E-state index contributed by atoms with van der Waals surface area (Å²) in [5, 5.41) is 11.6. The second-order valence-corrected chi connectivity index (χ2v) is 4.29. The maximum atomic E-state index is 11.4. The van der Waals surface area contributed by atoms with Crippen molar-refractivity contribution in [2.24, 2.45) is 0 Å². The van der Waals surface area contributed by atoms with Gasteiger partial charge in [0, 0.05) is 5.39 Å². The predicted molar refractivity (Wildman–Crippen MR) is 70.9 cm³/mol. The van der Waals surface area contributed by atoms with E-state index in [1.165, 1.54) is 18.7 Å². The number of phenols is 1. The van der Waals surface area contributed by atoms with Gasteiger partial charge in [-0.15, -0.1) is 0 Å². The fourth-order valence-electron chi connectivity index (χ4n) is 2.07. The van der Waals surface area contributed by atoms with Gasteiger partial charge in [-0.25, -0.2) is 4.79 Å². The SMILES string of the molecule is CCCc1ccc2cc(C(=O)OC)cc(O)c2c1. The van der Waals surface area contributed by atoms with Crippen molar-refractivity contribution < 1.29 is 14.6 Å². The minimum atomic E-state index is -0.440. The number of methoxy groups -OCH3 is 1. The first-order chi connectivity index (χ1) is 8.65. The Bertz CT molecular complexity index is 588. The van der Waals surface area contributed by atoms with Crippen LogP contribution in [0.5, 0.6) is 5.75 Å². The van der Waals surface area contributed by atoms with E-state index in [-0.39, 0.29) is 5.75 Å². The molecule has 0 saturated heterocycles. The van der Waals surface area contributed by atoms with Gasteiger partial charge in [0.25, 0.3) is 0 Å². The largest absolute Gasteiger partial charge is 0.507 e. The third kappa shape index (κ3) is 2.30. The van der Waals surface area contributed by atoms with E-state index in [4.69, 9.17) is 0 Å². The third-order valence-electron chi connectivity index (χ3n) is 2.96. The number of aromatic hydroxyl groups is 1. The zero-order valence-corrected chi connectivity index (χ0v) is 10.6. The zero-order valence-electron chi connectivity index (χ0n) is 10.6. The van der Waals surface area contributed by atoms with E-state index in [0.29, 0.717) is 5.56 Å². The number of carbonyl (C=O) groups excluding carboxylic acids is 1. The van der Waals surface area contributed by atoms with E-state index in [2.05, 4.69) is 11.7 Å². The number of carbonyl (C=O) groups is 1. The highest BCUT2D eigenvalue weighted by atomic mass is 16.5. The van der Waals surface area contributed by atoms with Crippen LogP contribution in [0, 0.1) is 0 Å². The molecule has 0 aliphatic carbocycles. The van der Waals surface area contributed by atoms with Crippen LogP contribution in [0.4, 0.5) is 0 Å². The number of phenolic OH excluding ortho intramolecular Hbond substituents is 1. The Morgan fingerprint density at radius 2 is 2.06 bits per heavy atom. The van der Waals surface area contributed by atoms with E-state index < -0.39 is 5.97 Å². The first-order valence-electron chi connectivity index (χ1n) is 5.99. The molecule has 18 heavy (non-hydrogen) atoms. The summed E-state index contributed by atoms with van der Waals surface area (Å²) in [4.78, 5) is 11.4. The van der Waals surface area contributed by atoms with Crippen LogP contribution >= 0.6 is 0 Å². The summed E-state index contributed by atoms with van der Waals surface area (Å²) >= 11 is 0. The van der Waals surface area contributed by atoms with Gasteiger partial charge in [0.05, 0.1) is 12.7 Å². The van der Waals surface area contributed by atoms with Crippen LogP contribution in [0.2, 0.25) is 0 Å². The first-order valence-corrected chi connectivity index (χ1v) is 5.99. The molecule has 2 aromatic carbocycles. The third-order valence-corrected chi connectivity index (χ3v) is 2.96. The number of hydrogen-bond acceptors (Lipinski definition) is 3. The number of aryl methyl sites for hydroxylation is 1. The molecule has 0 atom stereocenters. The second kappa shape index (κ2) is 5.08. The Labute approximate surface area is 106 Å². The van der Waals surface area contributed by atoms with Crippen LogP contribution in [0.1, 0.15) is 29.3 Å². The summed E-state index contributed by atoms with van der Waals surface area (Å²) < 4.78 is 4.65. The molecule has 3 heteroatoms. The van der Waals surface area contributed by atoms with E-state index in [9.17, 15) is 9.90 Å². The molecular weight excluding hydrogens is 228 g/mol. The molecule has 3 nitrogen and oxygen atoms in total. The van der Waals surface area contributed by atoms with Crippen molar-refractivity contribution in [3.8, 4) is 5.75 Å². The zero-order chi connectivity index (χ0) is 13.1. The molecule has 0 heterocycles. The molecule has 2 aromatic rings. The predicted octanol–water partition coefficient (Wildman–Crippen LogP) is 3.28. The summed E-state index contributed by atoms with van der Waals surface area (Å²) in [6.07, 6.45) is 2.04.